The highest BCUT2D eigenvalue weighted by molar-refractivity contribution is 5.41. The molecule has 0 atom stereocenters. The van der Waals surface area contributed by atoms with E-state index in [1.165, 1.54) is 0 Å². The molecule has 2 N–H and O–H groups in total. The summed E-state index contributed by atoms with van der Waals surface area (Å²) in [7, 11) is 0. The van der Waals surface area contributed by atoms with E-state index in [-0.39, 0.29) is 6.10 Å². The summed E-state index contributed by atoms with van der Waals surface area (Å²) in [5, 5.41) is 0. The van der Waals surface area contributed by atoms with Gasteiger partial charge in [-0.05, 0) is 45.9 Å². The molecule has 2 heteroatoms. The molecule has 2 nitrogen and oxygen atoms in total. The van der Waals surface area contributed by atoms with Crippen LogP contribution in [0, 0.1) is 11.8 Å². The van der Waals surface area contributed by atoms with Gasteiger partial charge >= 0.3 is 0 Å². The number of rotatable bonds is 2. The van der Waals surface area contributed by atoms with E-state index < -0.39 is 5.54 Å². The fourth-order valence-electron chi connectivity index (χ4n) is 1.15. The van der Waals surface area contributed by atoms with Gasteiger partial charge in [0.25, 0.3) is 0 Å². The van der Waals surface area contributed by atoms with Gasteiger partial charge in [-0.15, -0.1) is 0 Å². The summed E-state index contributed by atoms with van der Waals surface area (Å²) >= 11 is 0. The summed E-state index contributed by atoms with van der Waals surface area (Å²) in [6.07, 6.45) is 0.175. The van der Waals surface area contributed by atoms with Crippen LogP contribution in [-0.4, -0.2) is 11.6 Å². The summed E-state index contributed by atoms with van der Waals surface area (Å²) < 4.78 is 5.59. The van der Waals surface area contributed by atoms with Gasteiger partial charge in [0.15, 0.2) is 0 Å². The van der Waals surface area contributed by atoms with Crippen molar-refractivity contribution < 1.29 is 4.74 Å². The van der Waals surface area contributed by atoms with E-state index in [9.17, 15) is 0 Å². The first-order chi connectivity index (χ1) is 7.37. The van der Waals surface area contributed by atoms with Crippen molar-refractivity contribution in [2.45, 2.75) is 39.3 Å². The lowest BCUT2D eigenvalue weighted by atomic mass is 10.1. The van der Waals surface area contributed by atoms with Gasteiger partial charge in [-0.1, -0.05) is 17.9 Å². The Morgan fingerprint density at radius 1 is 1.31 bits per heavy atom. The maximum absolute atomic E-state index is 5.80. The number of benzene rings is 1. The van der Waals surface area contributed by atoms with Gasteiger partial charge in [0, 0.05) is 5.56 Å². The van der Waals surface area contributed by atoms with Crippen molar-refractivity contribution >= 4 is 0 Å². The average molecular weight is 217 g/mol. The fraction of sp³-hybridized carbons (Fsp3) is 0.429. The Bertz CT molecular complexity index is 405. The van der Waals surface area contributed by atoms with Gasteiger partial charge in [0.2, 0.25) is 0 Å². The van der Waals surface area contributed by atoms with E-state index in [2.05, 4.69) is 11.8 Å². The van der Waals surface area contributed by atoms with Crippen molar-refractivity contribution in [3.8, 4) is 17.6 Å². The van der Waals surface area contributed by atoms with Gasteiger partial charge in [-0.25, -0.2) is 0 Å². The first-order valence-electron chi connectivity index (χ1n) is 5.45. The third kappa shape index (κ3) is 4.86. The summed E-state index contributed by atoms with van der Waals surface area (Å²) in [6, 6.07) is 7.74. The third-order valence-corrected chi connectivity index (χ3v) is 1.73. The first kappa shape index (κ1) is 12.6. The molecule has 0 aliphatic rings. The number of hydrogen-bond donors (Lipinski definition) is 1. The summed E-state index contributed by atoms with van der Waals surface area (Å²) in [5.41, 5.74) is 6.26. The number of ether oxygens (including phenoxy) is 1. The zero-order chi connectivity index (χ0) is 12.2. The number of hydrogen-bond acceptors (Lipinski definition) is 2. The molecule has 0 radical (unpaired) electrons. The Hall–Kier alpha value is -1.46. The molecule has 0 saturated carbocycles. The molecule has 0 aromatic heterocycles. The van der Waals surface area contributed by atoms with Gasteiger partial charge in [0.1, 0.15) is 5.75 Å². The zero-order valence-corrected chi connectivity index (χ0v) is 10.4. The van der Waals surface area contributed by atoms with E-state index in [1.54, 1.807) is 0 Å². The molecule has 86 valence electrons. The smallest absolute Gasteiger partial charge is 0.120 e. The monoisotopic (exact) mass is 217 g/mol. The topological polar surface area (TPSA) is 35.2 Å². The van der Waals surface area contributed by atoms with Gasteiger partial charge in [0.05, 0.1) is 11.6 Å². The quantitative estimate of drug-likeness (QED) is 0.773. The molecule has 1 rings (SSSR count). The van der Waals surface area contributed by atoms with Gasteiger partial charge in [-0.2, -0.15) is 0 Å². The van der Waals surface area contributed by atoms with Crippen LogP contribution in [0.1, 0.15) is 33.3 Å². The second-order valence-electron chi connectivity index (χ2n) is 4.67. The molecule has 0 spiro atoms. The predicted molar refractivity (Wildman–Crippen MR) is 67.4 cm³/mol. The molecule has 0 unspecified atom stereocenters. The molecule has 0 saturated heterocycles. The minimum absolute atomic E-state index is 0.175. The highest BCUT2D eigenvalue weighted by atomic mass is 16.5. The Morgan fingerprint density at radius 3 is 2.56 bits per heavy atom. The second-order valence-corrected chi connectivity index (χ2v) is 4.67. The Labute approximate surface area is 97.8 Å². The van der Waals surface area contributed by atoms with Crippen LogP contribution in [0.3, 0.4) is 0 Å². The Morgan fingerprint density at radius 2 is 2.00 bits per heavy atom. The van der Waals surface area contributed by atoms with Crippen LogP contribution < -0.4 is 10.5 Å². The van der Waals surface area contributed by atoms with Crippen molar-refractivity contribution in [3.63, 3.8) is 0 Å². The molecule has 1 aromatic carbocycles. The molecule has 1 aromatic rings. The molecular formula is C14H19NO. The molecule has 0 bridgehead atoms. The molecule has 0 aliphatic carbocycles. The molecule has 0 heterocycles. The average Bonchev–Trinajstić information content (AvgIpc) is 2.13. The maximum Gasteiger partial charge on any atom is 0.120 e. The SMILES string of the molecule is CC(C)Oc1cccc(C#CC(C)(C)N)c1. The highest BCUT2D eigenvalue weighted by Gasteiger charge is 2.04. The Balaban J connectivity index is 2.85. The lowest BCUT2D eigenvalue weighted by Gasteiger charge is -2.10. The standard InChI is InChI=1S/C14H19NO/c1-11(2)16-13-7-5-6-12(10-13)8-9-14(3,4)15/h5-7,10-11H,15H2,1-4H3. The van der Waals surface area contributed by atoms with Crippen LogP contribution >= 0.6 is 0 Å². The largest absolute Gasteiger partial charge is 0.491 e. The third-order valence-electron chi connectivity index (χ3n) is 1.73. The van der Waals surface area contributed by atoms with E-state index in [0.717, 1.165) is 11.3 Å². The maximum atomic E-state index is 5.80. The summed E-state index contributed by atoms with van der Waals surface area (Å²) in [5.74, 6) is 6.88. The lowest BCUT2D eigenvalue weighted by Crippen LogP contribution is -2.29. The van der Waals surface area contributed by atoms with Crippen molar-refractivity contribution in [1.29, 1.82) is 0 Å². The van der Waals surface area contributed by atoms with Crippen LogP contribution in [0.25, 0.3) is 0 Å². The summed E-state index contributed by atoms with van der Waals surface area (Å²) in [4.78, 5) is 0. The van der Waals surface area contributed by atoms with Crippen molar-refractivity contribution in [1.82, 2.24) is 0 Å². The zero-order valence-electron chi connectivity index (χ0n) is 10.4. The van der Waals surface area contributed by atoms with Crippen LogP contribution in [0.15, 0.2) is 24.3 Å². The van der Waals surface area contributed by atoms with Crippen molar-refractivity contribution in [3.05, 3.63) is 29.8 Å². The lowest BCUT2D eigenvalue weighted by molar-refractivity contribution is 0.242. The van der Waals surface area contributed by atoms with Gasteiger partial charge < -0.3 is 10.5 Å². The second kappa shape index (κ2) is 5.05. The normalized spacial score (nSPS) is 10.9. The highest BCUT2D eigenvalue weighted by Crippen LogP contribution is 2.14. The molecule has 0 amide bonds. The predicted octanol–water partition coefficient (Wildman–Crippen LogP) is 2.56. The van der Waals surface area contributed by atoms with E-state index in [4.69, 9.17) is 10.5 Å². The van der Waals surface area contributed by atoms with Crippen molar-refractivity contribution in [2.75, 3.05) is 0 Å². The fourth-order valence-corrected chi connectivity index (χ4v) is 1.15. The van der Waals surface area contributed by atoms with Crippen molar-refractivity contribution in [2.24, 2.45) is 5.73 Å². The van der Waals surface area contributed by atoms with E-state index in [1.807, 2.05) is 52.0 Å². The van der Waals surface area contributed by atoms with E-state index in [0.29, 0.717) is 0 Å². The Kier molecular flexibility index (Phi) is 3.98. The van der Waals surface area contributed by atoms with Crippen LogP contribution in [0.4, 0.5) is 0 Å². The minimum Gasteiger partial charge on any atom is -0.491 e. The minimum atomic E-state index is -0.463. The van der Waals surface area contributed by atoms with Crippen LogP contribution in [0.5, 0.6) is 5.75 Å². The first-order valence-corrected chi connectivity index (χ1v) is 5.45. The molecule has 16 heavy (non-hydrogen) atoms. The summed E-state index contributed by atoms with van der Waals surface area (Å²) in [6.45, 7) is 7.77. The molecular weight excluding hydrogens is 198 g/mol. The number of nitrogens with two attached hydrogens (primary N) is 1. The molecule has 0 aliphatic heterocycles. The molecule has 0 fully saturated rings. The van der Waals surface area contributed by atoms with Crippen LogP contribution in [-0.2, 0) is 0 Å². The van der Waals surface area contributed by atoms with Gasteiger partial charge in [-0.3, -0.25) is 0 Å². The van der Waals surface area contributed by atoms with Crippen LogP contribution in [0.2, 0.25) is 0 Å². The van der Waals surface area contributed by atoms with E-state index >= 15 is 0 Å².